The third-order valence-electron chi connectivity index (χ3n) is 5.27. The van der Waals surface area contributed by atoms with Gasteiger partial charge in [0.25, 0.3) is 0 Å². The Labute approximate surface area is 167 Å². The Morgan fingerprint density at radius 3 is 2.37 bits per heavy atom. The van der Waals surface area contributed by atoms with Gasteiger partial charge < -0.3 is 10.0 Å². The van der Waals surface area contributed by atoms with Crippen molar-refractivity contribution in [3.05, 3.63) is 34.9 Å². The highest BCUT2D eigenvalue weighted by molar-refractivity contribution is 6.31. The molecule has 0 radical (unpaired) electrons. The summed E-state index contributed by atoms with van der Waals surface area (Å²) in [6.45, 7) is 9.06. The fourth-order valence-electron chi connectivity index (χ4n) is 3.68. The SMILES string of the molecule is CC1CCN(C(=O)C(CCc2ccccc2Cl)N(C(=O)O)C(C)(C)C)CC1. The number of nitrogens with zero attached hydrogens (tertiary/aromatic N) is 2. The molecule has 0 aromatic heterocycles. The van der Waals surface area contributed by atoms with Gasteiger partial charge in [0.05, 0.1) is 0 Å². The molecule has 1 aliphatic rings. The van der Waals surface area contributed by atoms with Crippen molar-refractivity contribution in [1.29, 1.82) is 0 Å². The molecule has 1 aromatic rings. The molecule has 2 amide bonds. The van der Waals surface area contributed by atoms with Crippen LogP contribution in [0.4, 0.5) is 4.79 Å². The van der Waals surface area contributed by atoms with E-state index in [0.29, 0.717) is 36.9 Å². The molecule has 0 aliphatic carbocycles. The van der Waals surface area contributed by atoms with E-state index in [-0.39, 0.29) is 5.91 Å². The molecule has 2 rings (SSSR count). The van der Waals surface area contributed by atoms with Crippen LogP contribution >= 0.6 is 11.6 Å². The van der Waals surface area contributed by atoms with Crippen LogP contribution in [-0.2, 0) is 11.2 Å². The van der Waals surface area contributed by atoms with Gasteiger partial charge in [-0.05, 0) is 64.0 Å². The number of benzene rings is 1. The van der Waals surface area contributed by atoms with Crippen LogP contribution in [-0.4, -0.2) is 51.6 Å². The van der Waals surface area contributed by atoms with Crippen molar-refractivity contribution < 1.29 is 14.7 Å². The van der Waals surface area contributed by atoms with Gasteiger partial charge in [-0.2, -0.15) is 0 Å². The first-order valence-corrected chi connectivity index (χ1v) is 10.0. The van der Waals surface area contributed by atoms with Crippen LogP contribution in [0, 0.1) is 5.92 Å². The highest BCUT2D eigenvalue weighted by atomic mass is 35.5. The van der Waals surface area contributed by atoms with Crippen LogP contribution in [0.1, 0.15) is 52.5 Å². The van der Waals surface area contributed by atoms with Gasteiger partial charge in [-0.1, -0.05) is 36.7 Å². The first kappa shape index (κ1) is 21.5. The number of aryl methyl sites for hydroxylation is 1. The molecule has 6 heteroatoms. The predicted octanol–water partition coefficient (Wildman–Crippen LogP) is 4.68. The fraction of sp³-hybridized carbons (Fsp3) is 0.619. The third-order valence-corrected chi connectivity index (χ3v) is 5.63. The highest BCUT2D eigenvalue weighted by Crippen LogP contribution is 2.26. The Balaban J connectivity index is 2.25. The lowest BCUT2D eigenvalue weighted by Gasteiger charge is -2.42. The molecule has 1 atom stereocenters. The van der Waals surface area contributed by atoms with Crippen molar-refractivity contribution in [2.75, 3.05) is 13.1 Å². The van der Waals surface area contributed by atoms with Crippen molar-refractivity contribution in [3.8, 4) is 0 Å². The average molecular weight is 395 g/mol. The fourth-order valence-corrected chi connectivity index (χ4v) is 3.91. The van der Waals surface area contributed by atoms with Crippen molar-refractivity contribution >= 4 is 23.6 Å². The maximum Gasteiger partial charge on any atom is 0.408 e. The number of piperidine rings is 1. The summed E-state index contributed by atoms with van der Waals surface area (Å²) in [4.78, 5) is 28.5. The number of halogens is 1. The lowest BCUT2D eigenvalue weighted by molar-refractivity contribution is -0.139. The summed E-state index contributed by atoms with van der Waals surface area (Å²) >= 11 is 6.26. The van der Waals surface area contributed by atoms with Crippen molar-refractivity contribution in [3.63, 3.8) is 0 Å². The van der Waals surface area contributed by atoms with Gasteiger partial charge >= 0.3 is 6.09 Å². The lowest BCUT2D eigenvalue weighted by atomic mass is 9.95. The zero-order valence-corrected chi connectivity index (χ0v) is 17.5. The van der Waals surface area contributed by atoms with E-state index in [4.69, 9.17) is 11.6 Å². The number of carbonyl (C=O) groups is 2. The van der Waals surface area contributed by atoms with Crippen molar-refractivity contribution in [2.45, 2.75) is 65.0 Å². The second-order valence-electron chi connectivity index (χ2n) is 8.48. The Morgan fingerprint density at radius 1 is 1.26 bits per heavy atom. The summed E-state index contributed by atoms with van der Waals surface area (Å²) < 4.78 is 0. The van der Waals surface area contributed by atoms with Crippen LogP contribution in [0.25, 0.3) is 0 Å². The van der Waals surface area contributed by atoms with E-state index in [1.165, 1.54) is 4.90 Å². The summed E-state index contributed by atoms with van der Waals surface area (Å²) in [5.41, 5.74) is 0.263. The molecule has 1 N–H and O–H groups in total. The zero-order valence-electron chi connectivity index (χ0n) is 16.7. The number of likely N-dealkylation sites (tertiary alicyclic amines) is 1. The van der Waals surface area contributed by atoms with Gasteiger partial charge in [0, 0.05) is 23.7 Å². The summed E-state index contributed by atoms with van der Waals surface area (Å²) in [5, 5.41) is 10.5. The zero-order chi connectivity index (χ0) is 20.2. The molecule has 1 aliphatic heterocycles. The van der Waals surface area contributed by atoms with Crippen LogP contribution in [0.3, 0.4) is 0 Å². The Hall–Kier alpha value is -1.75. The third kappa shape index (κ3) is 5.61. The van der Waals surface area contributed by atoms with Crippen molar-refractivity contribution in [1.82, 2.24) is 9.80 Å². The second kappa shape index (κ2) is 8.96. The predicted molar refractivity (Wildman–Crippen MR) is 108 cm³/mol. The Bertz CT molecular complexity index is 664. The first-order chi connectivity index (χ1) is 12.6. The standard InChI is InChI=1S/C21H31ClN2O3/c1-15-11-13-23(14-12-15)19(25)18(24(20(26)27)21(2,3)4)10-9-16-7-5-6-8-17(16)22/h5-8,15,18H,9-14H2,1-4H3,(H,26,27). The highest BCUT2D eigenvalue weighted by Gasteiger charge is 2.39. The molecule has 1 fully saturated rings. The number of rotatable bonds is 5. The first-order valence-electron chi connectivity index (χ1n) is 9.65. The molecule has 150 valence electrons. The van der Waals surface area contributed by atoms with E-state index in [0.717, 1.165) is 18.4 Å². The van der Waals surface area contributed by atoms with E-state index >= 15 is 0 Å². The lowest BCUT2D eigenvalue weighted by Crippen LogP contribution is -2.58. The van der Waals surface area contributed by atoms with E-state index < -0.39 is 17.7 Å². The van der Waals surface area contributed by atoms with Crippen LogP contribution in [0.2, 0.25) is 5.02 Å². The second-order valence-corrected chi connectivity index (χ2v) is 8.88. The normalized spacial score (nSPS) is 16.9. The summed E-state index contributed by atoms with van der Waals surface area (Å²) in [6, 6.07) is 6.80. The molecule has 1 aromatic carbocycles. The van der Waals surface area contributed by atoms with E-state index in [2.05, 4.69) is 6.92 Å². The van der Waals surface area contributed by atoms with Gasteiger partial charge in [-0.15, -0.1) is 0 Å². The number of hydrogen-bond acceptors (Lipinski definition) is 2. The maximum atomic E-state index is 13.3. The largest absolute Gasteiger partial charge is 0.465 e. The molecule has 1 saturated heterocycles. The molecule has 0 saturated carbocycles. The minimum Gasteiger partial charge on any atom is -0.465 e. The molecule has 1 unspecified atom stereocenters. The number of amides is 2. The molecule has 5 nitrogen and oxygen atoms in total. The van der Waals surface area contributed by atoms with Gasteiger partial charge in [0.1, 0.15) is 6.04 Å². The van der Waals surface area contributed by atoms with Gasteiger partial charge in [-0.25, -0.2) is 4.79 Å². The Morgan fingerprint density at radius 2 is 1.85 bits per heavy atom. The topological polar surface area (TPSA) is 60.9 Å². The maximum absolute atomic E-state index is 13.3. The molecule has 0 bridgehead atoms. The van der Waals surface area contributed by atoms with Crippen LogP contribution in [0.15, 0.2) is 24.3 Å². The van der Waals surface area contributed by atoms with Crippen LogP contribution < -0.4 is 0 Å². The summed E-state index contributed by atoms with van der Waals surface area (Å²) in [6.07, 6.45) is 1.83. The molecule has 0 spiro atoms. The number of carbonyl (C=O) groups excluding carboxylic acids is 1. The van der Waals surface area contributed by atoms with E-state index in [1.807, 2.05) is 49.9 Å². The minimum atomic E-state index is -1.06. The average Bonchev–Trinajstić information content (AvgIpc) is 2.58. The summed E-state index contributed by atoms with van der Waals surface area (Å²) in [5.74, 6) is 0.514. The number of carboxylic acid groups (broad SMARTS) is 1. The van der Waals surface area contributed by atoms with Gasteiger partial charge in [0.15, 0.2) is 0 Å². The minimum absolute atomic E-state index is 0.0914. The quantitative estimate of drug-likeness (QED) is 0.788. The summed E-state index contributed by atoms with van der Waals surface area (Å²) in [7, 11) is 0. The molecular weight excluding hydrogens is 364 g/mol. The smallest absolute Gasteiger partial charge is 0.408 e. The van der Waals surface area contributed by atoms with Crippen molar-refractivity contribution in [2.24, 2.45) is 5.92 Å². The molecule has 1 heterocycles. The number of hydrogen-bond donors (Lipinski definition) is 1. The van der Waals surface area contributed by atoms with E-state index in [9.17, 15) is 14.7 Å². The van der Waals surface area contributed by atoms with Crippen LogP contribution in [0.5, 0.6) is 0 Å². The van der Waals surface area contributed by atoms with E-state index in [1.54, 1.807) is 0 Å². The monoisotopic (exact) mass is 394 g/mol. The Kier molecular flexibility index (Phi) is 7.15. The molecular formula is C21H31ClN2O3. The van der Waals surface area contributed by atoms with Gasteiger partial charge in [-0.3, -0.25) is 9.69 Å². The van der Waals surface area contributed by atoms with Gasteiger partial charge in [0.2, 0.25) is 5.91 Å². The molecule has 27 heavy (non-hydrogen) atoms.